The first-order chi connectivity index (χ1) is 8.63. The van der Waals surface area contributed by atoms with Gasteiger partial charge < -0.3 is 16.0 Å². The molecular weight excluding hydrogens is 341 g/mol. The second-order valence-electron chi connectivity index (χ2n) is 4.53. The average Bonchev–Trinajstić information content (AvgIpc) is 2.38. The molecule has 1 aliphatic heterocycles. The second-order valence-corrected chi connectivity index (χ2v) is 5.69. The van der Waals surface area contributed by atoms with E-state index in [4.69, 9.17) is 5.73 Å². The van der Waals surface area contributed by atoms with E-state index >= 15 is 0 Å². The summed E-state index contributed by atoms with van der Waals surface area (Å²) in [6.45, 7) is 0.929. The number of nitrogens with zero attached hydrogens (tertiary/aromatic N) is 1. The number of carbonyl (C=O) groups excluding carboxylic acids is 1. The van der Waals surface area contributed by atoms with Crippen LogP contribution in [-0.4, -0.2) is 25.5 Å². The quantitative estimate of drug-likeness (QED) is 0.627. The van der Waals surface area contributed by atoms with Gasteiger partial charge in [0.05, 0.1) is 5.69 Å². The standard InChI is InChI=1S/C13H18IN3O/c1-16-13(18)12-4-2-3-7-17(12)11-6-5-9(15)8-10(11)14/h5-6,8,12H,2-4,7,15H2,1H3,(H,16,18). The van der Waals surface area contributed by atoms with Gasteiger partial charge in [0.15, 0.2) is 0 Å². The van der Waals surface area contributed by atoms with Gasteiger partial charge in [-0.1, -0.05) is 0 Å². The first-order valence-electron chi connectivity index (χ1n) is 6.16. The first kappa shape index (κ1) is 13.5. The Morgan fingerprint density at radius 3 is 2.94 bits per heavy atom. The van der Waals surface area contributed by atoms with Crippen molar-refractivity contribution in [2.24, 2.45) is 0 Å². The zero-order valence-corrected chi connectivity index (χ0v) is 12.6. The lowest BCUT2D eigenvalue weighted by atomic mass is 10.0. The van der Waals surface area contributed by atoms with Crippen molar-refractivity contribution in [2.45, 2.75) is 25.3 Å². The van der Waals surface area contributed by atoms with E-state index in [9.17, 15) is 4.79 Å². The van der Waals surface area contributed by atoms with Crippen molar-refractivity contribution < 1.29 is 4.79 Å². The molecule has 2 rings (SSSR count). The SMILES string of the molecule is CNC(=O)C1CCCCN1c1ccc(N)cc1I. The molecule has 1 aromatic rings. The van der Waals surface area contributed by atoms with Crippen molar-refractivity contribution in [3.8, 4) is 0 Å². The highest BCUT2D eigenvalue weighted by Crippen LogP contribution is 2.30. The number of nitrogen functional groups attached to an aromatic ring is 1. The molecule has 0 radical (unpaired) electrons. The largest absolute Gasteiger partial charge is 0.399 e. The fraction of sp³-hybridized carbons (Fsp3) is 0.462. The van der Waals surface area contributed by atoms with E-state index in [1.165, 1.54) is 0 Å². The van der Waals surface area contributed by atoms with Crippen molar-refractivity contribution in [2.75, 3.05) is 24.2 Å². The molecule has 0 bridgehead atoms. The van der Waals surface area contributed by atoms with Gasteiger partial charge in [-0.05, 0) is 60.1 Å². The van der Waals surface area contributed by atoms with Crippen LogP contribution in [0.3, 0.4) is 0 Å². The third kappa shape index (κ3) is 2.71. The predicted octanol–water partition coefficient (Wildman–Crippen LogP) is 1.98. The van der Waals surface area contributed by atoms with Gasteiger partial charge in [-0.15, -0.1) is 0 Å². The van der Waals surface area contributed by atoms with Crippen LogP contribution in [0.4, 0.5) is 11.4 Å². The van der Waals surface area contributed by atoms with Crippen LogP contribution in [0.2, 0.25) is 0 Å². The van der Waals surface area contributed by atoms with E-state index in [1.54, 1.807) is 7.05 Å². The number of hydrogen-bond acceptors (Lipinski definition) is 3. The molecule has 1 atom stereocenters. The molecule has 1 saturated heterocycles. The average molecular weight is 359 g/mol. The van der Waals surface area contributed by atoms with Crippen molar-refractivity contribution in [3.63, 3.8) is 0 Å². The van der Waals surface area contributed by atoms with Crippen LogP contribution in [0.25, 0.3) is 0 Å². The van der Waals surface area contributed by atoms with Gasteiger partial charge in [-0.3, -0.25) is 4.79 Å². The van der Waals surface area contributed by atoms with Crippen LogP contribution in [0.1, 0.15) is 19.3 Å². The Bertz CT molecular complexity index is 450. The Balaban J connectivity index is 2.30. The molecule has 0 spiro atoms. The Morgan fingerprint density at radius 2 is 2.28 bits per heavy atom. The number of likely N-dealkylation sites (N-methyl/N-ethyl adjacent to an activating group) is 1. The van der Waals surface area contributed by atoms with Crippen LogP contribution >= 0.6 is 22.6 Å². The van der Waals surface area contributed by atoms with Crippen LogP contribution in [0.5, 0.6) is 0 Å². The summed E-state index contributed by atoms with van der Waals surface area (Å²) in [5, 5.41) is 2.76. The molecular formula is C13H18IN3O. The number of halogens is 1. The first-order valence-corrected chi connectivity index (χ1v) is 7.24. The van der Waals surface area contributed by atoms with E-state index in [0.29, 0.717) is 0 Å². The fourth-order valence-corrected chi connectivity index (χ4v) is 3.26. The van der Waals surface area contributed by atoms with E-state index < -0.39 is 0 Å². The van der Waals surface area contributed by atoms with Crippen LogP contribution in [0.15, 0.2) is 18.2 Å². The van der Waals surface area contributed by atoms with Gasteiger partial charge in [0.2, 0.25) is 5.91 Å². The van der Waals surface area contributed by atoms with Crippen molar-refractivity contribution in [3.05, 3.63) is 21.8 Å². The van der Waals surface area contributed by atoms with Gasteiger partial charge in [0.1, 0.15) is 6.04 Å². The lowest BCUT2D eigenvalue weighted by Crippen LogP contribution is -2.49. The zero-order valence-electron chi connectivity index (χ0n) is 10.4. The second kappa shape index (κ2) is 5.77. The highest BCUT2D eigenvalue weighted by Gasteiger charge is 2.29. The minimum atomic E-state index is -0.0547. The molecule has 5 heteroatoms. The third-order valence-corrected chi connectivity index (χ3v) is 4.20. The number of carbonyl (C=O) groups is 1. The molecule has 98 valence electrons. The van der Waals surface area contributed by atoms with E-state index in [0.717, 1.165) is 40.8 Å². The summed E-state index contributed by atoms with van der Waals surface area (Å²) >= 11 is 2.28. The Labute approximate surface area is 121 Å². The maximum absolute atomic E-state index is 11.9. The topological polar surface area (TPSA) is 58.4 Å². The van der Waals surface area contributed by atoms with Gasteiger partial charge in [0, 0.05) is 22.8 Å². The summed E-state index contributed by atoms with van der Waals surface area (Å²) in [6, 6.07) is 5.80. The lowest BCUT2D eigenvalue weighted by molar-refractivity contribution is -0.122. The monoisotopic (exact) mass is 359 g/mol. The summed E-state index contributed by atoms with van der Waals surface area (Å²) in [5.41, 5.74) is 7.65. The molecule has 1 heterocycles. The number of rotatable bonds is 2. The molecule has 3 N–H and O–H groups in total. The lowest BCUT2D eigenvalue weighted by Gasteiger charge is -2.36. The van der Waals surface area contributed by atoms with Crippen LogP contribution < -0.4 is 16.0 Å². The number of piperidine rings is 1. The van der Waals surface area contributed by atoms with Gasteiger partial charge in [-0.25, -0.2) is 0 Å². The summed E-state index contributed by atoms with van der Waals surface area (Å²) in [6.07, 6.45) is 3.16. The molecule has 0 aliphatic carbocycles. The van der Waals surface area contributed by atoms with Crippen LogP contribution in [-0.2, 0) is 4.79 Å². The highest BCUT2D eigenvalue weighted by atomic mass is 127. The van der Waals surface area contributed by atoms with Gasteiger partial charge in [0.25, 0.3) is 0 Å². The molecule has 18 heavy (non-hydrogen) atoms. The summed E-state index contributed by atoms with van der Waals surface area (Å²) < 4.78 is 1.10. The summed E-state index contributed by atoms with van der Waals surface area (Å²) in [4.78, 5) is 14.1. The van der Waals surface area contributed by atoms with Crippen molar-refractivity contribution in [1.82, 2.24) is 5.32 Å². The molecule has 4 nitrogen and oxygen atoms in total. The predicted molar refractivity (Wildman–Crippen MR) is 82.6 cm³/mol. The minimum Gasteiger partial charge on any atom is -0.399 e. The smallest absolute Gasteiger partial charge is 0.242 e. The van der Waals surface area contributed by atoms with Crippen LogP contribution in [0, 0.1) is 3.57 Å². The number of benzene rings is 1. The maximum Gasteiger partial charge on any atom is 0.242 e. The highest BCUT2D eigenvalue weighted by molar-refractivity contribution is 14.1. The number of anilines is 2. The summed E-state index contributed by atoms with van der Waals surface area (Å²) in [5.74, 6) is 0.0994. The van der Waals surface area contributed by atoms with Gasteiger partial charge in [-0.2, -0.15) is 0 Å². The minimum absolute atomic E-state index is 0.0547. The zero-order chi connectivity index (χ0) is 13.1. The summed E-state index contributed by atoms with van der Waals surface area (Å²) in [7, 11) is 1.70. The van der Waals surface area contributed by atoms with Crippen molar-refractivity contribution >= 4 is 39.9 Å². The molecule has 1 amide bonds. The fourth-order valence-electron chi connectivity index (χ4n) is 2.42. The molecule has 1 fully saturated rings. The Hall–Kier alpha value is -0.980. The number of hydrogen-bond donors (Lipinski definition) is 2. The van der Waals surface area contributed by atoms with E-state index in [-0.39, 0.29) is 11.9 Å². The van der Waals surface area contributed by atoms with E-state index in [2.05, 4.69) is 32.8 Å². The molecule has 0 aromatic heterocycles. The van der Waals surface area contributed by atoms with Crippen molar-refractivity contribution in [1.29, 1.82) is 0 Å². The van der Waals surface area contributed by atoms with E-state index in [1.807, 2.05) is 18.2 Å². The molecule has 1 aromatic carbocycles. The number of amides is 1. The Kier molecular flexibility index (Phi) is 4.31. The normalized spacial score (nSPS) is 19.7. The molecule has 1 unspecified atom stereocenters. The molecule has 0 saturated carbocycles. The number of nitrogens with two attached hydrogens (primary N) is 1. The third-order valence-electron chi connectivity index (χ3n) is 3.33. The molecule has 1 aliphatic rings. The number of nitrogens with one attached hydrogen (secondary N) is 1. The Morgan fingerprint density at radius 1 is 1.50 bits per heavy atom. The van der Waals surface area contributed by atoms with Gasteiger partial charge >= 0.3 is 0 Å². The maximum atomic E-state index is 11.9.